The fourth-order valence-electron chi connectivity index (χ4n) is 1.98. The van der Waals surface area contributed by atoms with Crippen molar-refractivity contribution < 1.29 is 15.0 Å². The number of carboxylic acid groups (broad SMARTS) is 1. The van der Waals surface area contributed by atoms with Crippen molar-refractivity contribution in [2.45, 2.75) is 52.6 Å². The maximum atomic E-state index is 11.1. The van der Waals surface area contributed by atoms with Crippen LogP contribution in [-0.4, -0.2) is 21.8 Å². The van der Waals surface area contributed by atoms with Crippen molar-refractivity contribution in [3.05, 3.63) is 0 Å². The smallest absolute Gasteiger partial charge is 0.336 e. The van der Waals surface area contributed by atoms with Gasteiger partial charge in [-0.3, -0.25) is 0 Å². The third kappa shape index (κ3) is 2.47. The highest BCUT2D eigenvalue weighted by Crippen LogP contribution is 2.32. The molecule has 0 spiro atoms. The summed E-state index contributed by atoms with van der Waals surface area (Å²) in [6.07, 6.45) is 2.37. The Bertz CT molecular complexity index is 189. The van der Waals surface area contributed by atoms with Crippen LogP contribution < -0.4 is 0 Å². The normalized spacial score (nSPS) is 17.9. The average molecular weight is 202 g/mol. The number of rotatable bonds is 6. The number of aliphatic hydroxyl groups is 1. The predicted octanol–water partition coefficient (Wildman–Crippen LogP) is 2.28. The highest BCUT2D eigenvalue weighted by Gasteiger charge is 2.45. The molecule has 2 N–H and O–H groups in total. The topological polar surface area (TPSA) is 57.5 Å². The number of hydrogen-bond donors (Lipinski definition) is 2. The van der Waals surface area contributed by atoms with Crippen molar-refractivity contribution in [3.8, 4) is 0 Å². The van der Waals surface area contributed by atoms with Gasteiger partial charge in [-0.05, 0) is 24.7 Å². The summed E-state index contributed by atoms with van der Waals surface area (Å²) in [5.41, 5.74) is -1.56. The average Bonchev–Trinajstić information content (AvgIpc) is 2.12. The van der Waals surface area contributed by atoms with Crippen LogP contribution in [-0.2, 0) is 4.79 Å². The second kappa shape index (κ2) is 5.35. The van der Waals surface area contributed by atoms with Crippen LogP contribution in [0.5, 0.6) is 0 Å². The molecule has 0 fully saturated rings. The number of carbonyl (C=O) groups is 1. The first-order chi connectivity index (χ1) is 6.41. The molecule has 0 rings (SSSR count). The first-order valence-corrected chi connectivity index (χ1v) is 5.36. The molecule has 0 bridgehead atoms. The summed E-state index contributed by atoms with van der Waals surface area (Å²) < 4.78 is 0. The summed E-state index contributed by atoms with van der Waals surface area (Å²) in [4.78, 5) is 11.1. The molecule has 0 aromatic rings. The minimum atomic E-state index is -1.56. The third-order valence-corrected chi connectivity index (χ3v) is 2.98. The van der Waals surface area contributed by atoms with Gasteiger partial charge in [0.05, 0.1) is 0 Å². The molecule has 0 aliphatic heterocycles. The van der Waals surface area contributed by atoms with Crippen LogP contribution in [0.2, 0.25) is 0 Å². The van der Waals surface area contributed by atoms with Crippen molar-refractivity contribution >= 4 is 5.97 Å². The van der Waals surface area contributed by atoms with Crippen LogP contribution in [0.1, 0.15) is 47.0 Å². The van der Waals surface area contributed by atoms with Gasteiger partial charge in [-0.1, -0.05) is 34.1 Å². The summed E-state index contributed by atoms with van der Waals surface area (Å²) in [5, 5.41) is 19.2. The Balaban J connectivity index is 4.86. The fourth-order valence-corrected chi connectivity index (χ4v) is 1.98. The van der Waals surface area contributed by atoms with Gasteiger partial charge >= 0.3 is 5.97 Å². The number of aliphatic carboxylic acids is 1. The van der Waals surface area contributed by atoms with Crippen LogP contribution in [0.25, 0.3) is 0 Å². The second-order valence-corrected chi connectivity index (χ2v) is 4.18. The molecule has 0 aromatic heterocycles. The van der Waals surface area contributed by atoms with E-state index in [0.717, 1.165) is 12.8 Å². The Labute approximate surface area is 86.1 Å². The molecular formula is C11H22O3. The van der Waals surface area contributed by atoms with Gasteiger partial charge in [-0.25, -0.2) is 4.79 Å². The van der Waals surface area contributed by atoms with Gasteiger partial charge in [0.2, 0.25) is 0 Å². The summed E-state index contributed by atoms with van der Waals surface area (Å²) in [7, 11) is 0. The Kier molecular flexibility index (Phi) is 5.13. The molecule has 0 heterocycles. The van der Waals surface area contributed by atoms with Gasteiger partial charge in [0.1, 0.15) is 0 Å². The summed E-state index contributed by atoms with van der Waals surface area (Å²) in [6, 6.07) is 0. The lowest BCUT2D eigenvalue weighted by molar-refractivity contribution is -0.172. The molecule has 2 atom stereocenters. The fraction of sp³-hybridized carbons (Fsp3) is 0.909. The van der Waals surface area contributed by atoms with E-state index in [1.807, 2.05) is 13.8 Å². The Morgan fingerprint density at radius 1 is 1.36 bits per heavy atom. The molecule has 0 saturated heterocycles. The lowest BCUT2D eigenvalue weighted by atomic mass is 9.75. The maximum absolute atomic E-state index is 11.1. The standard InChI is InChI=1S/C11H22O3/c1-5-7-9(6-2)11(14,8(3)4)10(12)13/h8-9,14H,5-7H2,1-4H3,(H,12,13). The highest BCUT2D eigenvalue weighted by atomic mass is 16.4. The van der Waals surface area contributed by atoms with Crippen LogP contribution in [0.3, 0.4) is 0 Å². The molecule has 0 amide bonds. The Morgan fingerprint density at radius 3 is 2.07 bits per heavy atom. The van der Waals surface area contributed by atoms with Crippen LogP contribution in [0.15, 0.2) is 0 Å². The quantitative estimate of drug-likeness (QED) is 0.694. The van der Waals surface area contributed by atoms with Gasteiger partial charge in [-0.15, -0.1) is 0 Å². The van der Waals surface area contributed by atoms with E-state index in [4.69, 9.17) is 5.11 Å². The lowest BCUT2D eigenvalue weighted by Crippen LogP contribution is -2.50. The number of hydrogen-bond acceptors (Lipinski definition) is 2. The van der Waals surface area contributed by atoms with Crippen molar-refractivity contribution in [2.75, 3.05) is 0 Å². The molecule has 14 heavy (non-hydrogen) atoms. The third-order valence-electron chi connectivity index (χ3n) is 2.98. The molecule has 0 aromatic carbocycles. The lowest BCUT2D eigenvalue weighted by Gasteiger charge is -2.35. The monoisotopic (exact) mass is 202 g/mol. The molecule has 84 valence electrons. The zero-order chi connectivity index (χ0) is 11.4. The van der Waals surface area contributed by atoms with Crippen molar-refractivity contribution in [2.24, 2.45) is 11.8 Å². The maximum Gasteiger partial charge on any atom is 0.336 e. The van der Waals surface area contributed by atoms with E-state index in [2.05, 4.69) is 0 Å². The molecule has 3 nitrogen and oxygen atoms in total. The molecule has 0 radical (unpaired) electrons. The summed E-state index contributed by atoms with van der Waals surface area (Å²) in [6.45, 7) is 7.45. The van der Waals surface area contributed by atoms with E-state index < -0.39 is 11.6 Å². The van der Waals surface area contributed by atoms with Crippen molar-refractivity contribution in [3.63, 3.8) is 0 Å². The van der Waals surface area contributed by atoms with E-state index in [9.17, 15) is 9.90 Å². The molecule has 0 aliphatic carbocycles. The molecule has 0 saturated carbocycles. The zero-order valence-electron chi connectivity index (χ0n) is 9.58. The van der Waals surface area contributed by atoms with E-state index in [1.165, 1.54) is 0 Å². The minimum Gasteiger partial charge on any atom is -0.479 e. The minimum absolute atomic E-state index is 0.148. The first-order valence-electron chi connectivity index (χ1n) is 5.36. The number of carboxylic acids is 1. The molecular weight excluding hydrogens is 180 g/mol. The van der Waals surface area contributed by atoms with E-state index in [1.54, 1.807) is 13.8 Å². The van der Waals surface area contributed by atoms with E-state index >= 15 is 0 Å². The first kappa shape index (κ1) is 13.4. The molecule has 2 unspecified atom stereocenters. The Hall–Kier alpha value is -0.570. The van der Waals surface area contributed by atoms with E-state index in [-0.39, 0.29) is 11.8 Å². The van der Waals surface area contributed by atoms with E-state index in [0.29, 0.717) is 6.42 Å². The zero-order valence-corrected chi connectivity index (χ0v) is 9.58. The highest BCUT2D eigenvalue weighted by molar-refractivity contribution is 5.77. The summed E-state index contributed by atoms with van der Waals surface area (Å²) in [5.74, 6) is -1.49. The molecule has 0 aliphatic rings. The second-order valence-electron chi connectivity index (χ2n) is 4.18. The van der Waals surface area contributed by atoms with Gasteiger partial charge in [0, 0.05) is 0 Å². The largest absolute Gasteiger partial charge is 0.479 e. The van der Waals surface area contributed by atoms with Gasteiger partial charge in [0.15, 0.2) is 5.60 Å². The predicted molar refractivity (Wildman–Crippen MR) is 56.1 cm³/mol. The van der Waals surface area contributed by atoms with Gasteiger partial charge in [-0.2, -0.15) is 0 Å². The van der Waals surface area contributed by atoms with Crippen molar-refractivity contribution in [1.29, 1.82) is 0 Å². The van der Waals surface area contributed by atoms with Crippen molar-refractivity contribution in [1.82, 2.24) is 0 Å². The Morgan fingerprint density at radius 2 is 1.86 bits per heavy atom. The summed E-state index contributed by atoms with van der Waals surface area (Å²) >= 11 is 0. The molecule has 3 heteroatoms. The van der Waals surface area contributed by atoms with Crippen LogP contribution >= 0.6 is 0 Å². The van der Waals surface area contributed by atoms with Gasteiger partial charge < -0.3 is 10.2 Å². The van der Waals surface area contributed by atoms with Crippen LogP contribution in [0, 0.1) is 11.8 Å². The van der Waals surface area contributed by atoms with Gasteiger partial charge in [0.25, 0.3) is 0 Å². The SMILES string of the molecule is CCCC(CC)C(O)(C(=O)O)C(C)C. The van der Waals surface area contributed by atoms with Crippen LogP contribution in [0.4, 0.5) is 0 Å².